The number of hydrogen-bond donors (Lipinski definition) is 1. The van der Waals surface area contributed by atoms with Crippen LogP contribution in [0.5, 0.6) is 5.75 Å². The third-order valence-electron chi connectivity index (χ3n) is 5.09. The van der Waals surface area contributed by atoms with Crippen LogP contribution in [0, 0.1) is 13.8 Å². The van der Waals surface area contributed by atoms with Crippen molar-refractivity contribution in [1.82, 2.24) is 19.5 Å². The number of nitrogens with zero attached hydrogens (tertiary/aromatic N) is 4. The van der Waals surface area contributed by atoms with E-state index in [0.29, 0.717) is 40.6 Å². The number of ether oxygens (including phenoxy) is 1. The topological polar surface area (TPSA) is 95.9 Å². The number of Topliss-reactive ketones (excluding diaryl/α,β-unsaturated/α-hetero) is 1. The molecule has 144 valence electrons. The van der Waals surface area contributed by atoms with E-state index in [1.54, 1.807) is 26.3 Å². The van der Waals surface area contributed by atoms with Crippen LogP contribution in [0.1, 0.15) is 45.5 Å². The van der Waals surface area contributed by atoms with Gasteiger partial charge in [-0.05, 0) is 25.5 Å². The van der Waals surface area contributed by atoms with Gasteiger partial charge < -0.3 is 10.5 Å². The molecule has 2 heterocycles. The predicted molar refractivity (Wildman–Crippen MR) is 106 cm³/mol. The van der Waals surface area contributed by atoms with Gasteiger partial charge in [0.15, 0.2) is 5.78 Å². The van der Waals surface area contributed by atoms with Gasteiger partial charge in [0, 0.05) is 42.2 Å². The smallest absolute Gasteiger partial charge is 0.220 e. The average molecular weight is 398 g/mol. The molecule has 1 atom stereocenters. The first-order valence-electron chi connectivity index (χ1n) is 8.93. The largest absolute Gasteiger partial charge is 0.495 e. The number of nitrogen functional groups attached to an aromatic ring is 1. The lowest BCUT2D eigenvalue weighted by molar-refractivity contribution is 0.0960. The zero-order valence-electron chi connectivity index (χ0n) is 15.9. The van der Waals surface area contributed by atoms with E-state index in [4.69, 9.17) is 22.1 Å². The Kier molecular flexibility index (Phi) is 4.55. The third kappa shape index (κ3) is 3.01. The molecule has 1 aliphatic carbocycles. The molecule has 1 unspecified atom stereocenters. The number of fused-ring (bicyclic) bond motifs is 1. The molecule has 28 heavy (non-hydrogen) atoms. The van der Waals surface area contributed by atoms with Crippen molar-refractivity contribution in [2.45, 2.75) is 32.6 Å². The van der Waals surface area contributed by atoms with Crippen molar-refractivity contribution in [3.05, 3.63) is 57.9 Å². The second-order valence-corrected chi connectivity index (χ2v) is 7.35. The molecule has 0 saturated heterocycles. The molecule has 4 rings (SSSR count). The Morgan fingerprint density at radius 1 is 1.25 bits per heavy atom. The fraction of sp³-hybridized carbons (Fsp3) is 0.300. The normalized spacial score (nSPS) is 16.1. The van der Waals surface area contributed by atoms with Crippen LogP contribution >= 0.6 is 11.6 Å². The number of carbonyl (C=O) groups is 1. The molecule has 0 fully saturated rings. The van der Waals surface area contributed by atoms with Crippen molar-refractivity contribution in [3.63, 3.8) is 0 Å². The van der Waals surface area contributed by atoms with Crippen LogP contribution in [0.15, 0.2) is 24.5 Å². The minimum absolute atomic E-state index is 0.0116. The number of hydrogen-bond acceptors (Lipinski definition) is 6. The van der Waals surface area contributed by atoms with Gasteiger partial charge in [0.25, 0.3) is 0 Å². The van der Waals surface area contributed by atoms with E-state index >= 15 is 0 Å². The molecule has 0 aliphatic heterocycles. The SMILES string of the molecule is COc1cc(Cl)c(C)cc1-n1ccnc1C1CC(=O)c2c(C)nc(N)nc2C1. The van der Waals surface area contributed by atoms with Gasteiger partial charge in [-0.2, -0.15) is 0 Å². The number of halogens is 1. The summed E-state index contributed by atoms with van der Waals surface area (Å²) in [4.78, 5) is 25.8. The van der Waals surface area contributed by atoms with E-state index in [1.165, 1.54) is 0 Å². The highest BCUT2D eigenvalue weighted by atomic mass is 35.5. The summed E-state index contributed by atoms with van der Waals surface area (Å²) in [6.07, 6.45) is 4.49. The van der Waals surface area contributed by atoms with Crippen molar-refractivity contribution >= 4 is 23.3 Å². The second kappa shape index (κ2) is 6.91. The molecule has 1 aromatic carbocycles. The van der Waals surface area contributed by atoms with E-state index in [0.717, 1.165) is 17.1 Å². The van der Waals surface area contributed by atoms with Gasteiger partial charge in [0.05, 0.1) is 29.7 Å². The molecule has 2 aromatic heterocycles. The van der Waals surface area contributed by atoms with E-state index in [-0.39, 0.29) is 17.6 Å². The molecule has 0 amide bonds. The highest BCUT2D eigenvalue weighted by Crippen LogP contribution is 2.36. The van der Waals surface area contributed by atoms with Gasteiger partial charge in [0.1, 0.15) is 11.6 Å². The lowest BCUT2D eigenvalue weighted by Gasteiger charge is -2.24. The fourth-order valence-electron chi connectivity index (χ4n) is 3.80. The van der Waals surface area contributed by atoms with Crippen molar-refractivity contribution in [3.8, 4) is 11.4 Å². The molecule has 8 heteroatoms. The number of carbonyl (C=O) groups excluding carboxylic acids is 1. The zero-order chi connectivity index (χ0) is 20.0. The van der Waals surface area contributed by atoms with E-state index in [1.807, 2.05) is 23.8 Å². The Balaban J connectivity index is 1.79. The number of rotatable bonds is 3. The molecule has 2 N–H and O–H groups in total. The molecule has 3 aromatic rings. The summed E-state index contributed by atoms with van der Waals surface area (Å²) in [7, 11) is 1.60. The first-order chi connectivity index (χ1) is 13.4. The Morgan fingerprint density at radius 3 is 2.79 bits per heavy atom. The lowest BCUT2D eigenvalue weighted by Crippen LogP contribution is -2.24. The van der Waals surface area contributed by atoms with Gasteiger partial charge in [0.2, 0.25) is 5.95 Å². The quantitative estimate of drug-likeness (QED) is 0.727. The number of aryl methyl sites for hydroxylation is 2. The molecule has 0 bridgehead atoms. The summed E-state index contributed by atoms with van der Waals surface area (Å²) in [5, 5.41) is 0.631. The van der Waals surface area contributed by atoms with Gasteiger partial charge in [-0.1, -0.05) is 11.6 Å². The maximum absolute atomic E-state index is 12.8. The van der Waals surface area contributed by atoms with Crippen LogP contribution in [0.2, 0.25) is 5.02 Å². The Labute approximate surface area is 167 Å². The Bertz CT molecular complexity index is 1090. The maximum Gasteiger partial charge on any atom is 0.220 e. The minimum Gasteiger partial charge on any atom is -0.495 e. The van der Waals surface area contributed by atoms with Crippen LogP contribution in [0.25, 0.3) is 5.69 Å². The van der Waals surface area contributed by atoms with Gasteiger partial charge >= 0.3 is 0 Å². The summed E-state index contributed by atoms with van der Waals surface area (Å²) in [6.45, 7) is 3.72. The monoisotopic (exact) mass is 397 g/mol. The summed E-state index contributed by atoms with van der Waals surface area (Å²) < 4.78 is 7.47. The Hall–Kier alpha value is -2.93. The molecule has 1 aliphatic rings. The molecular formula is C20H20ClN5O2. The molecular weight excluding hydrogens is 378 g/mol. The Morgan fingerprint density at radius 2 is 2.04 bits per heavy atom. The number of ketones is 1. The van der Waals surface area contributed by atoms with Crippen molar-refractivity contribution in [2.24, 2.45) is 0 Å². The van der Waals surface area contributed by atoms with Crippen LogP contribution in [0.4, 0.5) is 5.95 Å². The van der Waals surface area contributed by atoms with Crippen molar-refractivity contribution < 1.29 is 9.53 Å². The third-order valence-corrected chi connectivity index (χ3v) is 5.49. The minimum atomic E-state index is -0.121. The fourth-order valence-corrected chi connectivity index (χ4v) is 3.95. The summed E-state index contributed by atoms with van der Waals surface area (Å²) in [5.41, 5.74) is 9.45. The summed E-state index contributed by atoms with van der Waals surface area (Å²) in [5.74, 6) is 1.48. The van der Waals surface area contributed by atoms with E-state index in [2.05, 4.69) is 15.0 Å². The number of nitrogens with two attached hydrogens (primary N) is 1. The van der Waals surface area contributed by atoms with E-state index < -0.39 is 0 Å². The number of anilines is 1. The highest BCUT2D eigenvalue weighted by Gasteiger charge is 2.32. The maximum atomic E-state index is 12.8. The van der Waals surface area contributed by atoms with Crippen LogP contribution in [-0.2, 0) is 6.42 Å². The zero-order valence-corrected chi connectivity index (χ0v) is 16.6. The highest BCUT2D eigenvalue weighted by molar-refractivity contribution is 6.31. The first-order valence-corrected chi connectivity index (χ1v) is 9.30. The van der Waals surface area contributed by atoms with Gasteiger partial charge in [-0.15, -0.1) is 0 Å². The first kappa shape index (κ1) is 18.4. The lowest BCUT2D eigenvalue weighted by atomic mass is 9.84. The predicted octanol–water partition coefficient (Wildman–Crippen LogP) is 3.44. The molecule has 7 nitrogen and oxygen atoms in total. The summed E-state index contributed by atoms with van der Waals surface area (Å²) >= 11 is 6.24. The number of benzene rings is 1. The van der Waals surface area contributed by atoms with Crippen molar-refractivity contribution in [2.75, 3.05) is 12.8 Å². The van der Waals surface area contributed by atoms with Crippen molar-refractivity contribution in [1.29, 1.82) is 0 Å². The molecule has 0 saturated carbocycles. The number of imidazole rings is 1. The standard InChI is InChI=1S/C20H20ClN5O2/c1-10-6-15(17(28-3)9-13(10)21)26-5-4-23-19(26)12-7-14-18(16(27)8-12)11(2)24-20(22)25-14/h4-6,9,12H,7-8H2,1-3H3,(H2,22,24,25). The molecule has 0 spiro atoms. The van der Waals surface area contributed by atoms with Crippen LogP contribution in [0.3, 0.4) is 0 Å². The van der Waals surface area contributed by atoms with E-state index in [9.17, 15) is 4.79 Å². The molecule has 0 radical (unpaired) electrons. The van der Waals surface area contributed by atoms with Crippen LogP contribution in [-0.4, -0.2) is 32.4 Å². The summed E-state index contributed by atoms with van der Waals surface area (Å²) in [6, 6.07) is 3.74. The van der Waals surface area contributed by atoms with Gasteiger partial charge in [-0.3, -0.25) is 9.36 Å². The average Bonchev–Trinajstić information content (AvgIpc) is 3.12. The second-order valence-electron chi connectivity index (χ2n) is 6.95. The number of aromatic nitrogens is 4. The van der Waals surface area contributed by atoms with Crippen LogP contribution < -0.4 is 10.5 Å². The number of methoxy groups -OCH3 is 1. The van der Waals surface area contributed by atoms with Gasteiger partial charge in [-0.25, -0.2) is 15.0 Å².